The Morgan fingerprint density at radius 3 is 2.26 bits per heavy atom. The fourth-order valence-corrected chi connectivity index (χ4v) is 2.20. The molecule has 0 bridgehead atoms. The lowest BCUT2D eigenvalue weighted by Crippen LogP contribution is -2.60. The molecule has 0 unspecified atom stereocenters. The summed E-state index contributed by atoms with van der Waals surface area (Å²) in [6.45, 7) is -0.441. The molecule has 0 amide bonds. The van der Waals surface area contributed by atoms with Gasteiger partial charge in [-0.2, -0.15) is 0 Å². The predicted molar refractivity (Wildman–Crippen MR) is 71.5 cm³/mol. The minimum atomic E-state index is -1.38. The number of anilines is 1. The number of aliphatic hydroxyl groups is 4. The molecule has 0 aromatic heterocycles. The molecular formula is C12H16BrNO5. The van der Waals surface area contributed by atoms with Crippen molar-refractivity contribution in [3.63, 3.8) is 0 Å². The summed E-state index contributed by atoms with van der Waals surface area (Å²) in [5.41, 5.74) is 0.688. The van der Waals surface area contributed by atoms with E-state index in [1.807, 2.05) is 12.1 Å². The van der Waals surface area contributed by atoms with Gasteiger partial charge in [0.25, 0.3) is 0 Å². The molecule has 0 saturated carbocycles. The zero-order valence-electron chi connectivity index (χ0n) is 9.98. The normalized spacial score (nSPS) is 35.1. The molecule has 5 N–H and O–H groups in total. The maximum atomic E-state index is 9.85. The third-order valence-corrected chi connectivity index (χ3v) is 3.57. The molecule has 0 aliphatic carbocycles. The number of halogens is 1. The number of hydrogen-bond donors (Lipinski definition) is 5. The van der Waals surface area contributed by atoms with Crippen LogP contribution >= 0.6 is 15.9 Å². The Hall–Kier alpha value is -0.700. The van der Waals surface area contributed by atoms with Crippen LogP contribution in [-0.2, 0) is 4.74 Å². The van der Waals surface area contributed by atoms with Crippen molar-refractivity contribution < 1.29 is 25.2 Å². The lowest BCUT2D eigenvalue weighted by atomic mass is 9.98. The van der Waals surface area contributed by atoms with Gasteiger partial charge in [-0.1, -0.05) is 15.9 Å². The Morgan fingerprint density at radius 1 is 1.05 bits per heavy atom. The summed E-state index contributed by atoms with van der Waals surface area (Å²) in [5, 5.41) is 41.1. The monoisotopic (exact) mass is 333 g/mol. The van der Waals surface area contributed by atoms with E-state index in [0.29, 0.717) is 5.69 Å². The Bertz CT molecular complexity index is 413. The Kier molecular flexibility index (Phi) is 4.77. The fourth-order valence-electron chi connectivity index (χ4n) is 1.93. The summed E-state index contributed by atoms with van der Waals surface area (Å²) in [7, 11) is 0. The maximum absolute atomic E-state index is 9.85. The minimum Gasteiger partial charge on any atom is -0.394 e. The second kappa shape index (κ2) is 6.17. The summed E-state index contributed by atoms with van der Waals surface area (Å²) >= 11 is 3.31. The molecule has 1 aliphatic heterocycles. The highest BCUT2D eigenvalue weighted by Crippen LogP contribution is 2.23. The smallest absolute Gasteiger partial charge is 0.157 e. The van der Waals surface area contributed by atoms with Gasteiger partial charge < -0.3 is 30.5 Å². The molecule has 1 heterocycles. The van der Waals surface area contributed by atoms with Crippen LogP contribution in [0.1, 0.15) is 0 Å². The summed E-state index contributed by atoms with van der Waals surface area (Å²) in [6.07, 6.45) is -5.83. The van der Waals surface area contributed by atoms with Gasteiger partial charge in [0.1, 0.15) is 24.4 Å². The number of nitrogens with one attached hydrogen (secondary N) is 1. The van der Waals surface area contributed by atoms with Crippen molar-refractivity contribution in [2.45, 2.75) is 30.6 Å². The molecule has 19 heavy (non-hydrogen) atoms. The zero-order valence-corrected chi connectivity index (χ0v) is 11.6. The van der Waals surface area contributed by atoms with Gasteiger partial charge in [-0.25, -0.2) is 0 Å². The third-order valence-electron chi connectivity index (χ3n) is 3.05. The van der Waals surface area contributed by atoms with Gasteiger partial charge in [0, 0.05) is 10.2 Å². The number of hydrogen-bond acceptors (Lipinski definition) is 6. The zero-order chi connectivity index (χ0) is 14.0. The minimum absolute atomic E-state index is 0.441. The lowest BCUT2D eigenvalue weighted by Gasteiger charge is -2.40. The molecule has 7 heteroatoms. The summed E-state index contributed by atoms with van der Waals surface area (Å²) in [5.74, 6) is 0. The summed E-state index contributed by atoms with van der Waals surface area (Å²) in [4.78, 5) is 0. The van der Waals surface area contributed by atoms with Gasteiger partial charge in [0.15, 0.2) is 6.23 Å². The standard InChI is InChI=1S/C12H16BrNO5/c13-6-1-3-7(4-2-6)14-12-11(18)10(17)9(16)8(5-15)19-12/h1-4,8-12,14-18H,5H2/t8-,9-,10+,11+,12-/m1/s1. The van der Waals surface area contributed by atoms with Crippen LogP contribution in [0.5, 0.6) is 0 Å². The number of benzene rings is 1. The van der Waals surface area contributed by atoms with Gasteiger partial charge in [0.2, 0.25) is 0 Å². The molecule has 6 nitrogen and oxygen atoms in total. The summed E-state index contributed by atoms with van der Waals surface area (Å²) < 4.78 is 6.24. The molecule has 1 aromatic rings. The van der Waals surface area contributed by atoms with Crippen molar-refractivity contribution in [2.24, 2.45) is 0 Å². The Labute approximate surface area is 118 Å². The van der Waals surface area contributed by atoms with E-state index in [-0.39, 0.29) is 0 Å². The molecule has 1 aromatic carbocycles. The predicted octanol–water partition coefficient (Wildman–Crippen LogP) is -0.339. The molecule has 0 radical (unpaired) electrons. The van der Waals surface area contributed by atoms with Gasteiger partial charge in [-0.3, -0.25) is 0 Å². The van der Waals surface area contributed by atoms with Crippen LogP contribution in [0.3, 0.4) is 0 Å². The topological polar surface area (TPSA) is 102 Å². The molecule has 2 rings (SSSR count). The van der Waals surface area contributed by atoms with E-state index in [1.165, 1.54) is 0 Å². The average molecular weight is 334 g/mol. The second-order valence-corrected chi connectivity index (χ2v) is 5.32. The molecule has 1 fully saturated rings. The first kappa shape index (κ1) is 14.7. The fraction of sp³-hybridized carbons (Fsp3) is 0.500. The van der Waals surface area contributed by atoms with Crippen molar-refractivity contribution >= 4 is 21.6 Å². The lowest BCUT2D eigenvalue weighted by molar-refractivity contribution is -0.221. The largest absolute Gasteiger partial charge is 0.394 e. The van der Waals surface area contributed by atoms with E-state index in [2.05, 4.69) is 21.2 Å². The maximum Gasteiger partial charge on any atom is 0.157 e. The summed E-state index contributed by atoms with van der Waals surface area (Å²) in [6, 6.07) is 7.16. The molecule has 5 atom stereocenters. The van der Waals surface area contributed by atoms with Gasteiger partial charge in [0.05, 0.1) is 6.61 Å². The first-order valence-electron chi connectivity index (χ1n) is 5.85. The highest BCUT2D eigenvalue weighted by molar-refractivity contribution is 9.10. The van der Waals surface area contributed by atoms with Crippen molar-refractivity contribution in [1.29, 1.82) is 0 Å². The van der Waals surface area contributed by atoms with Crippen LogP contribution in [0.2, 0.25) is 0 Å². The van der Waals surface area contributed by atoms with Crippen molar-refractivity contribution in [2.75, 3.05) is 11.9 Å². The quantitative estimate of drug-likeness (QED) is 0.518. The van der Waals surface area contributed by atoms with Crippen LogP contribution in [0.4, 0.5) is 5.69 Å². The van der Waals surface area contributed by atoms with E-state index >= 15 is 0 Å². The van der Waals surface area contributed by atoms with Crippen molar-refractivity contribution in [1.82, 2.24) is 0 Å². The highest BCUT2D eigenvalue weighted by atomic mass is 79.9. The van der Waals surface area contributed by atoms with E-state index in [9.17, 15) is 15.3 Å². The van der Waals surface area contributed by atoms with E-state index in [1.54, 1.807) is 12.1 Å². The molecule has 106 valence electrons. The number of rotatable bonds is 3. The van der Waals surface area contributed by atoms with E-state index in [0.717, 1.165) is 4.47 Å². The molecule has 1 saturated heterocycles. The highest BCUT2D eigenvalue weighted by Gasteiger charge is 2.43. The Morgan fingerprint density at radius 2 is 1.68 bits per heavy atom. The number of aliphatic hydroxyl groups excluding tert-OH is 4. The van der Waals surface area contributed by atoms with Crippen LogP contribution in [0.15, 0.2) is 28.7 Å². The van der Waals surface area contributed by atoms with E-state index in [4.69, 9.17) is 9.84 Å². The number of ether oxygens (including phenoxy) is 1. The first-order chi connectivity index (χ1) is 9.02. The van der Waals surface area contributed by atoms with E-state index < -0.39 is 37.3 Å². The third kappa shape index (κ3) is 3.25. The average Bonchev–Trinajstić information content (AvgIpc) is 2.42. The van der Waals surface area contributed by atoms with Crippen LogP contribution in [0, 0.1) is 0 Å². The van der Waals surface area contributed by atoms with Gasteiger partial charge >= 0.3 is 0 Å². The van der Waals surface area contributed by atoms with Crippen LogP contribution in [0.25, 0.3) is 0 Å². The molecule has 0 spiro atoms. The van der Waals surface area contributed by atoms with Gasteiger partial charge in [-0.05, 0) is 24.3 Å². The second-order valence-electron chi connectivity index (χ2n) is 4.40. The van der Waals surface area contributed by atoms with Crippen molar-refractivity contribution in [3.8, 4) is 0 Å². The van der Waals surface area contributed by atoms with Crippen LogP contribution in [-0.4, -0.2) is 57.7 Å². The SMILES string of the molecule is OC[C@H]1O[C@@H](Nc2ccc(Br)cc2)[C@@H](O)[C@@H](O)[C@@H]1O. The van der Waals surface area contributed by atoms with Crippen molar-refractivity contribution in [3.05, 3.63) is 28.7 Å². The first-order valence-corrected chi connectivity index (χ1v) is 6.65. The van der Waals surface area contributed by atoms with Crippen LogP contribution < -0.4 is 5.32 Å². The van der Waals surface area contributed by atoms with Gasteiger partial charge in [-0.15, -0.1) is 0 Å². The molecule has 1 aliphatic rings. The molecular weight excluding hydrogens is 318 g/mol. The Balaban J connectivity index is 2.08.